The molecule has 1 saturated heterocycles. The molecule has 3 amide bonds. The highest BCUT2D eigenvalue weighted by Gasteiger charge is 2.26. The maximum absolute atomic E-state index is 12.4. The maximum atomic E-state index is 12.4. The highest BCUT2D eigenvalue weighted by molar-refractivity contribution is 6.00. The van der Waals surface area contributed by atoms with Gasteiger partial charge >= 0.3 is 12.0 Å². The van der Waals surface area contributed by atoms with Crippen LogP contribution in [-0.4, -0.2) is 71.3 Å². The number of carbonyl (C=O) groups excluding carboxylic acids is 2. The van der Waals surface area contributed by atoms with E-state index >= 15 is 0 Å². The number of urea groups is 1. The number of carbonyl (C=O) groups is 3. The van der Waals surface area contributed by atoms with Crippen molar-refractivity contribution in [2.24, 2.45) is 0 Å². The van der Waals surface area contributed by atoms with E-state index in [-0.39, 0.29) is 41.8 Å². The monoisotopic (exact) mass is 574 g/mol. The van der Waals surface area contributed by atoms with Gasteiger partial charge < -0.3 is 34.9 Å². The molecule has 3 N–H and O–H groups in total. The molecule has 11 nitrogen and oxygen atoms in total. The van der Waals surface area contributed by atoms with Crippen LogP contribution in [0, 0.1) is 0 Å². The number of nitrogens with one attached hydrogen (secondary N) is 2. The highest BCUT2D eigenvalue weighted by atomic mass is 16.5. The number of ether oxygens (including phenoxy) is 3. The molecule has 0 unspecified atom stereocenters. The van der Waals surface area contributed by atoms with Crippen molar-refractivity contribution in [1.29, 1.82) is 0 Å². The minimum atomic E-state index is -1.11. The lowest BCUT2D eigenvalue weighted by Crippen LogP contribution is -2.50. The number of amides is 3. The van der Waals surface area contributed by atoms with E-state index in [4.69, 9.17) is 14.2 Å². The van der Waals surface area contributed by atoms with Gasteiger partial charge in [-0.25, -0.2) is 14.6 Å². The van der Waals surface area contributed by atoms with E-state index < -0.39 is 5.97 Å². The van der Waals surface area contributed by atoms with Crippen molar-refractivity contribution in [1.82, 2.24) is 15.2 Å². The molecule has 1 aliphatic heterocycles. The molecule has 0 radical (unpaired) electrons. The smallest absolute Gasteiger partial charge is 0.337 e. The Morgan fingerprint density at radius 1 is 0.929 bits per heavy atom. The van der Waals surface area contributed by atoms with Crippen molar-refractivity contribution in [3.63, 3.8) is 0 Å². The number of nitrogens with zero attached hydrogens (tertiary/aromatic N) is 2. The lowest BCUT2D eigenvalue weighted by molar-refractivity contribution is -0.115. The van der Waals surface area contributed by atoms with Crippen molar-refractivity contribution < 1.29 is 33.7 Å². The van der Waals surface area contributed by atoms with Gasteiger partial charge in [-0.3, -0.25) is 4.79 Å². The van der Waals surface area contributed by atoms with Crippen molar-refractivity contribution in [3.8, 4) is 17.4 Å². The number of pyridine rings is 1. The van der Waals surface area contributed by atoms with Crippen LogP contribution >= 0.6 is 0 Å². The zero-order chi connectivity index (χ0) is 29.3. The minimum absolute atomic E-state index is 0.00739. The van der Waals surface area contributed by atoms with Gasteiger partial charge in [-0.05, 0) is 67.6 Å². The Hall–Kier alpha value is -4.64. The largest absolute Gasteiger partial charge is 0.490 e. The molecule has 220 valence electrons. The summed E-state index contributed by atoms with van der Waals surface area (Å²) in [4.78, 5) is 42.3. The fraction of sp³-hybridized carbons (Fsp3) is 0.355. The number of benzene rings is 2. The fourth-order valence-electron chi connectivity index (χ4n) is 4.99. The van der Waals surface area contributed by atoms with E-state index in [1.807, 2.05) is 29.2 Å². The molecule has 3 aromatic rings. The third-order valence-electron chi connectivity index (χ3n) is 7.24. The first kappa shape index (κ1) is 28.9. The Morgan fingerprint density at radius 3 is 2.33 bits per heavy atom. The van der Waals surface area contributed by atoms with Crippen LogP contribution in [0.2, 0.25) is 0 Å². The van der Waals surface area contributed by atoms with Crippen molar-refractivity contribution >= 4 is 23.6 Å². The van der Waals surface area contributed by atoms with Gasteiger partial charge in [0.15, 0.2) is 0 Å². The molecule has 0 bridgehead atoms. The molecule has 1 aromatic heterocycles. The summed E-state index contributed by atoms with van der Waals surface area (Å²) in [5, 5.41) is 15.1. The average Bonchev–Trinajstić information content (AvgIpc) is 3.00. The van der Waals surface area contributed by atoms with Crippen LogP contribution in [0.25, 0.3) is 0 Å². The standard InChI is InChI=1S/C31H34N4O7/c36-28(34-27-4-2-1-3-26(27)30(37)38)19-21-5-14-29(32-20-21)42-25-12-10-24(11-13-25)41-23-8-6-22(7-9-23)33-31(39)35-15-17-40-18-16-35/h1-5,10-14,20,22-23H,6-9,15-19H2,(H,33,39)(H,34,36)(H,37,38). The molecule has 0 spiro atoms. The number of para-hydroxylation sites is 1. The van der Waals surface area contributed by atoms with Crippen LogP contribution in [0.3, 0.4) is 0 Å². The first-order chi connectivity index (χ1) is 20.4. The van der Waals surface area contributed by atoms with Crippen molar-refractivity contribution in [2.75, 3.05) is 31.6 Å². The number of rotatable bonds is 9. The molecule has 2 fully saturated rings. The summed E-state index contributed by atoms with van der Waals surface area (Å²) >= 11 is 0. The van der Waals surface area contributed by atoms with E-state index in [0.29, 0.717) is 43.5 Å². The molecular formula is C31H34N4O7. The molecule has 5 rings (SSSR count). The summed E-state index contributed by atoms with van der Waals surface area (Å²) in [6.07, 6.45) is 5.17. The topological polar surface area (TPSA) is 139 Å². The molecule has 1 saturated carbocycles. The summed E-state index contributed by atoms with van der Waals surface area (Å²) in [5.41, 5.74) is 0.935. The lowest BCUT2D eigenvalue weighted by Gasteiger charge is -2.32. The Labute approximate surface area is 243 Å². The number of carboxylic acid groups (broad SMARTS) is 1. The number of morpholine rings is 1. The average molecular weight is 575 g/mol. The number of anilines is 1. The predicted octanol–water partition coefficient (Wildman–Crippen LogP) is 4.49. The molecular weight excluding hydrogens is 540 g/mol. The molecule has 11 heteroatoms. The lowest BCUT2D eigenvalue weighted by atomic mass is 9.93. The van der Waals surface area contributed by atoms with Crippen molar-refractivity contribution in [2.45, 2.75) is 44.2 Å². The number of aromatic nitrogens is 1. The van der Waals surface area contributed by atoms with Crippen LogP contribution in [0.5, 0.6) is 17.4 Å². The van der Waals surface area contributed by atoms with E-state index in [0.717, 1.165) is 31.4 Å². The van der Waals surface area contributed by atoms with Gasteiger partial charge in [0.1, 0.15) is 11.5 Å². The highest BCUT2D eigenvalue weighted by Crippen LogP contribution is 2.27. The molecule has 1 aliphatic carbocycles. The third kappa shape index (κ3) is 7.97. The summed E-state index contributed by atoms with van der Waals surface area (Å²) in [7, 11) is 0. The third-order valence-corrected chi connectivity index (χ3v) is 7.24. The van der Waals surface area contributed by atoms with Gasteiger partial charge in [0, 0.05) is 31.4 Å². The zero-order valence-corrected chi connectivity index (χ0v) is 23.2. The second-order valence-corrected chi connectivity index (χ2v) is 10.3. The predicted molar refractivity (Wildman–Crippen MR) is 154 cm³/mol. The summed E-state index contributed by atoms with van der Waals surface area (Å²) in [6.45, 7) is 2.46. The second kappa shape index (κ2) is 13.8. The number of hydrogen-bond donors (Lipinski definition) is 3. The Morgan fingerprint density at radius 2 is 1.64 bits per heavy atom. The second-order valence-electron chi connectivity index (χ2n) is 10.3. The van der Waals surface area contributed by atoms with E-state index in [9.17, 15) is 19.5 Å². The minimum Gasteiger partial charge on any atom is -0.490 e. The molecule has 2 heterocycles. The van der Waals surface area contributed by atoms with Crippen LogP contribution in [0.4, 0.5) is 10.5 Å². The Bertz CT molecular complexity index is 1370. The summed E-state index contributed by atoms with van der Waals surface area (Å²) in [6, 6.07) is 17.2. The Balaban J connectivity index is 1.05. The van der Waals surface area contributed by atoms with Crippen LogP contribution in [-0.2, 0) is 16.0 Å². The Kier molecular flexibility index (Phi) is 9.50. The zero-order valence-electron chi connectivity index (χ0n) is 23.2. The van der Waals surface area contributed by atoms with Gasteiger partial charge in [0.2, 0.25) is 11.8 Å². The first-order valence-electron chi connectivity index (χ1n) is 14.1. The summed E-state index contributed by atoms with van der Waals surface area (Å²) in [5.74, 6) is 0.271. The fourth-order valence-corrected chi connectivity index (χ4v) is 4.99. The van der Waals surface area contributed by atoms with E-state index in [2.05, 4.69) is 15.6 Å². The van der Waals surface area contributed by atoms with E-state index in [1.54, 1.807) is 36.5 Å². The molecule has 42 heavy (non-hydrogen) atoms. The summed E-state index contributed by atoms with van der Waals surface area (Å²) < 4.78 is 17.3. The van der Waals surface area contributed by atoms with Crippen LogP contribution in [0.1, 0.15) is 41.6 Å². The van der Waals surface area contributed by atoms with Gasteiger partial charge in [-0.15, -0.1) is 0 Å². The molecule has 0 atom stereocenters. The van der Waals surface area contributed by atoms with Gasteiger partial charge in [-0.1, -0.05) is 18.2 Å². The first-order valence-corrected chi connectivity index (χ1v) is 14.1. The van der Waals surface area contributed by atoms with Crippen LogP contribution < -0.4 is 20.1 Å². The van der Waals surface area contributed by atoms with Gasteiger partial charge in [0.05, 0.1) is 37.0 Å². The quantitative estimate of drug-likeness (QED) is 0.340. The normalized spacial score (nSPS) is 18.5. The van der Waals surface area contributed by atoms with Crippen LogP contribution in [0.15, 0.2) is 66.9 Å². The SMILES string of the molecule is O=C(Cc1ccc(Oc2ccc(OC3CCC(NC(=O)N4CCOCC4)CC3)cc2)nc1)Nc1ccccc1C(=O)O. The maximum Gasteiger partial charge on any atom is 0.337 e. The number of aromatic carboxylic acids is 1. The van der Waals surface area contributed by atoms with Crippen molar-refractivity contribution in [3.05, 3.63) is 78.0 Å². The number of hydrogen-bond acceptors (Lipinski definition) is 7. The van der Waals surface area contributed by atoms with Gasteiger partial charge in [-0.2, -0.15) is 0 Å². The molecule has 2 aliphatic rings. The van der Waals surface area contributed by atoms with E-state index in [1.165, 1.54) is 6.07 Å². The molecule has 2 aromatic carbocycles. The van der Waals surface area contributed by atoms with Gasteiger partial charge in [0.25, 0.3) is 0 Å². The number of carboxylic acids is 1.